The van der Waals surface area contributed by atoms with Gasteiger partial charge >= 0.3 is 12.1 Å². The van der Waals surface area contributed by atoms with Crippen LogP contribution < -0.4 is 10.2 Å². The van der Waals surface area contributed by atoms with Gasteiger partial charge in [0.15, 0.2) is 0 Å². The second kappa shape index (κ2) is 13.8. The number of allylic oxidation sites excluding steroid dienone is 1. The van der Waals surface area contributed by atoms with Gasteiger partial charge in [0.05, 0.1) is 24.3 Å². The number of fused-ring (bicyclic) bond motifs is 1. The SMILES string of the molecule is CCOC(=O)CC(C)N1CC(=O)N(c2ccccc2)c2ccc(C=CCCCNC(=O)OC(C)(C)C)cc2C1=O. The molecule has 1 N–H and O–H groups in total. The van der Waals surface area contributed by atoms with Crippen molar-refractivity contribution in [3.8, 4) is 0 Å². The van der Waals surface area contributed by atoms with Gasteiger partial charge in [-0.15, -0.1) is 0 Å². The first-order chi connectivity index (χ1) is 19.0. The zero-order valence-electron chi connectivity index (χ0n) is 23.9. The zero-order valence-corrected chi connectivity index (χ0v) is 23.9. The Bertz CT molecular complexity index is 1240. The molecule has 1 unspecified atom stereocenters. The van der Waals surface area contributed by atoms with E-state index in [9.17, 15) is 19.2 Å². The van der Waals surface area contributed by atoms with Crippen LogP contribution in [0.25, 0.3) is 6.08 Å². The van der Waals surface area contributed by atoms with E-state index >= 15 is 0 Å². The summed E-state index contributed by atoms with van der Waals surface area (Å²) in [7, 11) is 0. The summed E-state index contributed by atoms with van der Waals surface area (Å²) in [6, 6.07) is 14.1. The number of ether oxygens (including phenoxy) is 2. The first-order valence-electron chi connectivity index (χ1n) is 13.6. The van der Waals surface area contributed by atoms with Crippen molar-refractivity contribution < 1.29 is 28.7 Å². The summed E-state index contributed by atoms with van der Waals surface area (Å²) in [6.07, 6.45) is 4.85. The van der Waals surface area contributed by atoms with E-state index in [-0.39, 0.29) is 31.4 Å². The van der Waals surface area contributed by atoms with Crippen molar-refractivity contribution in [2.45, 2.75) is 65.5 Å². The van der Waals surface area contributed by atoms with Crippen LogP contribution in [-0.4, -0.2) is 60.1 Å². The number of para-hydroxylation sites is 1. The van der Waals surface area contributed by atoms with Gasteiger partial charge in [0, 0.05) is 18.3 Å². The highest BCUT2D eigenvalue weighted by atomic mass is 16.6. The summed E-state index contributed by atoms with van der Waals surface area (Å²) < 4.78 is 10.3. The van der Waals surface area contributed by atoms with Crippen LogP contribution in [0.1, 0.15) is 69.8 Å². The molecule has 0 saturated heterocycles. The monoisotopic (exact) mass is 549 g/mol. The average molecular weight is 550 g/mol. The molecular weight excluding hydrogens is 510 g/mol. The molecule has 0 aliphatic carbocycles. The Morgan fingerprint density at radius 2 is 1.82 bits per heavy atom. The minimum atomic E-state index is -0.542. The molecule has 9 heteroatoms. The number of alkyl carbamates (subject to hydrolysis) is 1. The van der Waals surface area contributed by atoms with Gasteiger partial charge < -0.3 is 19.7 Å². The van der Waals surface area contributed by atoms with Gasteiger partial charge in [0.2, 0.25) is 0 Å². The molecule has 0 aromatic heterocycles. The highest BCUT2D eigenvalue weighted by Gasteiger charge is 2.35. The van der Waals surface area contributed by atoms with Gasteiger partial charge in [-0.3, -0.25) is 19.3 Å². The van der Waals surface area contributed by atoms with Gasteiger partial charge in [-0.2, -0.15) is 0 Å². The summed E-state index contributed by atoms with van der Waals surface area (Å²) in [5.41, 5.74) is 1.78. The quantitative estimate of drug-likeness (QED) is 0.311. The van der Waals surface area contributed by atoms with Crippen LogP contribution in [-0.2, 0) is 19.1 Å². The van der Waals surface area contributed by atoms with Crippen LogP contribution in [0.5, 0.6) is 0 Å². The molecule has 0 fully saturated rings. The fraction of sp³-hybridized carbons (Fsp3) is 0.419. The normalized spacial score (nSPS) is 14.5. The molecule has 0 radical (unpaired) electrons. The number of hydrogen-bond donors (Lipinski definition) is 1. The van der Waals surface area contributed by atoms with Crippen LogP contribution in [0.3, 0.4) is 0 Å². The summed E-state index contributed by atoms with van der Waals surface area (Å²) in [6.45, 7) is 9.47. The molecule has 214 valence electrons. The number of benzene rings is 2. The number of amides is 3. The Morgan fingerprint density at radius 1 is 1.10 bits per heavy atom. The topological polar surface area (TPSA) is 105 Å². The van der Waals surface area contributed by atoms with E-state index in [1.807, 2.05) is 69.3 Å². The van der Waals surface area contributed by atoms with Gasteiger partial charge in [-0.1, -0.05) is 36.4 Å². The number of nitrogens with zero attached hydrogens (tertiary/aromatic N) is 2. The Labute approximate surface area is 236 Å². The van der Waals surface area contributed by atoms with E-state index in [1.165, 1.54) is 4.90 Å². The number of carbonyl (C=O) groups excluding carboxylic acids is 4. The fourth-order valence-corrected chi connectivity index (χ4v) is 4.33. The zero-order chi connectivity index (χ0) is 29.3. The molecule has 3 amide bonds. The lowest BCUT2D eigenvalue weighted by Gasteiger charge is -2.27. The predicted molar refractivity (Wildman–Crippen MR) is 154 cm³/mol. The number of unbranched alkanes of at least 4 members (excludes halogenated alkanes) is 1. The highest BCUT2D eigenvalue weighted by molar-refractivity contribution is 6.13. The highest BCUT2D eigenvalue weighted by Crippen LogP contribution is 2.34. The van der Waals surface area contributed by atoms with Crippen molar-refractivity contribution in [1.82, 2.24) is 10.2 Å². The molecule has 1 aliphatic rings. The molecule has 1 heterocycles. The third-order valence-corrected chi connectivity index (χ3v) is 6.15. The second-order valence-corrected chi connectivity index (χ2v) is 10.6. The number of anilines is 2. The van der Waals surface area contributed by atoms with Crippen LogP contribution in [0.15, 0.2) is 54.6 Å². The number of esters is 1. The molecule has 0 bridgehead atoms. The third kappa shape index (κ3) is 8.43. The number of nitrogens with one attached hydrogen (secondary N) is 1. The first-order valence-corrected chi connectivity index (χ1v) is 13.6. The smallest absolute Gasteiger partial charge is 0.407 e. The molecule has 1 aliphatic heterocycles. The van der Waals surface area contributed by atoms with Crippen molar-refractivity contribution >= 4 is 41.3 Å². The van der Waals surface area contributed by atoms with E-state index < -0.39 is 23.7 Å². The lowest BCUT2D eigenvalue weighted by molar-refractivity contribution is -0.144. The minimum absolute atomic E-state index is 0.00947. The molecule has 0 saturated carbocycles. The lowest BCUT2D eigenvalue weighted by atomic mass is 10.0. The molecule has 2 aromatic carbocycles. The molecule has 0 spiro atoms. The van der Waals surface area contributed by atoms with Crippen LogP contribution in [0.4, 0.5) is 16.2 Å². The Morgan fingerprint density at radius 3 is 2.50 bits per heavy atom. The summed E-state index contributed by atoms with van der Waals surface area (Å²) >= 11 is 0. The third-order valence-electron chi connectivity index (χ3n) is 6.15. The molecule has 2 aromatic rings. The van der Waals surface area contributed by atoms with Crippen LogP contribution >= 0.6 is 0 Å². The van der Waals surface area contributed by atoms with Crippen molar-refractivity contribution in [2.75, 3.05) is 24.6 Å². The van der Waals surface area contributed by atoms with E-state index in [0.29, 0.717) is 29.9 Å². The Balaban J connectivity index is 1.80. The minimum Gasteiger partial charge on any atom is -0.466 e. The molecule has 9 nitrogen and oxygen atoms in total. The number of carbonyl (C=O) groups is 4. The Kier molecular flexibility index (Phi) is 10.5. The van der Waals surface area contributed by atoms with Gasteiger partial charge in [-0.05, 0) is 77.3 Å². The molecular formula is C31H39N3O6. The number of rotatable bonds is 10. The van der Waals surface area contributed by atoms with Crippen molar-refractivity contribution in [2.24, 2.45) is 0 Å². The van der Waals surface area contributed by atoms with Gasteiger partial charge in [-0.25, -0.2) is 4.79 Å². The van der Waals surface area contributed by atoms with Crippen LogP contribution in [0.2, 0.25) is 0 Å². The lowest BCUT2D eigenvalue weighted by Crippen LogP contribution is -2.43. The maximum absolute atomic E-state index is 13.8. The first kappa shape index (κ1) is 30.4. The van der Waals surface area contributed by atoms with E-state index in [2.05, 4.69) is 5.32 Å². The summed E-state index contributed by atoms with van der Waals surface area (Å²) in [4.78, 5) is 54.2. The van der Waals surface area contributed by atoms with Gasteiger partial charge in [0.25, 0.3) is 11.8 Å². The van der Waals surface area contributed by atoms with E-state index in [0.717, 1.165) is 12.0 Å². The van der Waals surface area contributed by atoms with E-state index in [4.69, 9.17) is 9.47 Å². The van der Waals surface area contributed by atoms with Crippen molar-refractivity contribution in [3.63, 3.8) is 0 Å². The van der Waals surface area contributed by atoms with E-state index in [1.54, 1.807) is 30.9 Å². The average Bonchev–Trinajstić information content (AvgIpc) is 2.99. The molecule has 1 atom stereocenters. The summed E-state index contributed by atoms with van der Waals surface area (Å²) in [5.74, 6) is -1.01. The summed E-state index contributed by atoms with van der Waals surface area (Å²) in [5, 5.41) is 2.74. The maximum Gasteiger partial charge on any atom is 0.407 e. The molecule has 3 rings (SSSR count). The van der Waals surface area contributed by atoms with Crippen molar-refractivity contribution in [3.05, 3.63) is 65.7 Å². The molecule has 40 heavy (non-hydrogen) atoms. The van der Waals surface area contributed by atoms with Crippen molar-refractivity contribution in [1.29, 1.82) is 0 Å². The second-order valence-electron chi connectivity index (χ2n) is 10.6. The number of hydrogen-bond acceptors (Lipinski definition) is 6. The fourth-order valence-electron chi connectivity index (χ4n) is 4.33. The standard InChI is InChI=1S/C31H39N3O6/c1-6-39-28(36)19-22(2)33-21-27(35)34(24-14-10-7-11-15-24)26-17-16-23(20-25(26)29(33)37)13-9-8-12-18-32-30(38)40-31(3,4)5/h7,9-11,13-17,20,22H,6,8,12,18-19,21H2,1-5H3,(H,32,38). The predicted octanol–water partition coefficient (Wildman–Crippen LogP) is 5.47. The largest absolute Gasteiger partial charge is 0.466 e. The van der Waals surface area contributed by atoms with Gasteiger partial charge in [0.1, 0.15) is 12.1 Å². The maximum atomic E-state index is 13.8. The van der Waals surface area contributed by atoms with Crippen LogP contribution in [0, 0.1) is 0 Å². The Hall–Kier alpha value is -4.14.